The highest BCUT2D eigenvalue weighted by Crippen LogP contribution is 2.36. The second-order valence-corrected chi connectivity index (χ2v) is 13.1. The summed E-state index contributed by atoms with van der Waals surface area (Å²) in [4.78, 5) is 29.9. The fourth-order valence-electron chi connectivity index (χ4n) is 5.72. The second-order valence-electron chi connectivity index (χ2n) is 11.2. The monoisotopic (exact) mass is 621 g/mol. The van der Waals surface area contributed by atoms with Crippen molar-refractivity contribution in [3.63, 3.8) is 0 Å². The zero-order valence-electron chi connectivity index (χ0n) is 25.1. The molecule has 0 spiro atoms. The van der Waals surface area contributed by atoms with Crippen molar-refractivity contribution in [1.82, 2.24) is 10.2 Å². The lowest BCUT2D eigenvalue weighted by Gasteiger charge is -2.35. The number of rotatable bonds is 12. The summed E-state index contributed by atoms with van der Waals surface area (Å²) in [7, 11) is -2.34. The number of hydrogen-bond acceptors (Lipinski definition) is 7. The van der Waals surface area contributed by atoms with Crippen LogP contribution in [0.5, 0.6) is 17.2 Å². The topological polar surface area (TPSA) is 114 Å². The molecule has 0 saturated heterocycles. The summed E-state index contributed by atoms with van der Waals surface area (Å²) in [6, 6.07) is 20.7. The molecule has 1 fully saturated rings. The Morgan fingerprint density at radius 2 is 1.66 bits per heavy atom. The molecule has 2 amide bonds. The molecule has 0 unspecified atom stereocenters. The Morgan fingerprint density at radius 1 is 0.932 bits per heavy atom. The number of amides is 2. The quantitative estimate of drug-likeness (QED) is 0.321. The van der Waals surface area contributed by atoms with Crippen molar-refractivity contribution in [3.8, 4) is 17.2 Å². The summed E-state index contributed by atoms with van der Waals surface area (Å²) in [6.07, 6.45) is 6.31. The molecule has 3 aromatic carbocycles. The minimum absolute atomic E-state index is 0.0299. The molecule has 234 valence electrons. The first kappa shape index (κ1) is 31.2. The zero-order chi connectivity index (χ0) is 31.1. The molecule has 0 bridgehead atoms. The number of carbonyl (C=O) groups is 2. The van der Waals surface area contributed by atoms with Gasteiger partial charge in [0.15, 0.2) is 11.5 Å². The lowest BCUT2D eigenvalue weighted by Crippen LogP contribution is -2.55. The van der Waals surface area contributed by atoms with Crippen molar-refractivity contribution in [3.05, 3.63) is 83.9 Å². The summed E-state index contributed by atoms with van der Waals surface area (Å²) in [5.41, 5.74) is 1.89. The van der Waals surface area contributed by atoms with Gasteiger partial charge in [0.05, 0.1) is 19.1 Å². The maximum absolute atomic E-state index is 14.3. The van der Waals surface area contributed by atoms with Crippen LogP contribution in [0.2, 0.25) is 0 Å². The molecule has 1 heterocycles. The molecule has 44 heavy (non-hydrogen) atoms. The maximum atomic E-state index is 14.3. The van der Waals surface area contributed by atoms with Crippen molar-refractivity contribution in [2.24, 2.45) is 0 Å². The fourth-order valence-corrected chi connectivity index (χ4v) is 6.56. The Labute approximate surface area is 259 Å². The molecule has 0 radical (unpaired) electrons. The molecule has 1 aliphatic heterocycles. The Bertz CT molecular complexity index is 1560. The number of ether oxygens (including phenoxy) is 3. The summed E-state index contributed by atoms with van der Waals surface area (Å²) in [5, 5.41) is 3.21. The highest BCUT2D eigenvalue weighted by molar-refractivity contribution is 7.92. The van der Waals surface area contributed by atoms with E-state index < -0.39 is 28.5 Å². The van der Waals surface area contributed by atoms with Gasteiger partial charge < -0.3 is 24.4 Å². The fraction of sp³-hybridized carbons (Fsp3) is 0.394. The Balaban J connectivity index is 1.51. The number of hydrogen-bond donors (Lipinski definition) is 1. The van der Waals surface area contributed by atoms with Crippen LogP contribution >= 0.6 is 0 Å². The maximum Gasteiger partial charge on any atom is 0.244 e. The third-order valence-electron chi connectivity index (χ3n) is 8.03. The summed E-state index contributed by atoms with van der Waals surface area (Å²) in [6.45, 7) is -0.406. The molecule has 5 rings (SSSR count). The molecule has 1 aliphatic carbocycles. The van der Waals surface area contributed by atoms with Gasteiger partial charge in [-0.3, -0.25) is 13.9 Å². The van der Waals surface area contributed by atoms with Crippen LogP contribution in [0.4, 0.5) is 5.69 Å². The van der Waals surface area contributed by atoms with Crippen LogP contribution in [0.3, 0.4) is 0 Å². The van der Waals surface area contributed by atoms with E-state index in [1.54, 1.807) is 31.4 Å². The first-order valence-electron chi connectivity index (χ1n) is 14.9. The number of fused-ring (bicyclic) bond motifs is 1. The van der Waals surface area contributed by atoms with E-state index in [4.69, 9.17) is 14.2 Å². The Hall–Kier alpha value is -4.25. The lowest BCUT2D eigenvalue weighted by molar-refractivity contribution is -0.140. The Kier molecular flexibility index (Phi) is 9.94. The van der Waals surface area contributed by atoms with Gasteiger partial charge in [0, 0.05) is 25.1 Å². The van der Waals surface area contributed by atoms with Gasteiger partial charge in [-0.15, -0.1) is 0 Å². The summed E-state index contributed by atoms with van der Waals surface area (Å²) < 4.78 is 43.4. The largest absolute Gasteiger partial charge is 0.497 e. The lowest BCUT2D eigenvalue weighted by atomic mass is 9.94. The van der Waals surface area contributed by atoms with E-state index in [9.17, 15) is 18.0 Å². The van der Waals surface area contributed by atoms with Crippen molar-refractivity contribution in [2.45, 2.75) is 57.2 Å². The van der Waals surface area contributed by atoms with E-state index in [1.165, 1.54) is 4.90 Å². The number of sulfonamides is 1. The van der Waals surface area contributed by atoms with Gasteiger partial charge in [0.2, 0.25) is 28.6 Å². The highest BCUT2D eigenvalue weighted by Gasteiger charge is 2.34. The van der Waals surface area contributed by atoms with Gasteiger partial charge in [0.1, 0.15) is 18.3 Å². The molecular formula is C33H39N3O7S. The van der Waals surface area contributed by atoms with Crippen LogP contribution in [0.1, 0.15) is 43.2 Å². The van der Waals surface area contributed by atoms with E-state index in [1.807, 2.05) is 48.5 Å². The van der Waals surface area contributed by atoms with Crippen molar-refractivity contribution < 1.29 is 32.2 Å². The van der Waals surface area contributed by atoms with E-state index in [-0.39, 0.29) is 37.4 Å². The average Bonchev–Trinajstić information content (AvgIpc) is 3.50. The molecule has 1 saturated carbocycles. The van der Waals surface area contributed by atoms with Crippen LogP contribution in [-0.2, 0) is 32.6 Å². The van der Waals surface area contributed by atoms with E-state index in [0.29, 0.717) is 17.2 Å². The molecule has 2 aliphatic rings. The van der Waals surface area contributed by atoms with Crippen molar-refractivity contribution in [1.29, 1.82) is 0 Å². The normalized spacial score (nSPS) is 15.3. The van der Waals surface area contributed by atoms with E-state index >= 15 is 0 Å². The predicted molar refractivity (Wildman–Crippen MR) is 167 cm³/mol. The van der Waals surface area contributed by atoms with Gasteiger partial charge in [0.25, 0.3) is 0 Å². The average molecular weight is 622 g/mol. The predicted octanol–water partition coefficient (Wildman–Crippen LogP) is 4.28. The van der Waals surface area contributed by atoms with Crippen LogP contribution in [0.15, 0.2) is 72.8 Å². The van der Waals surface area contributed by atoms with Crippen molar-refractivity contribution in [2.75, 3.05) is 31.0 Å². The molecule has 0 aromatic heterocycles. The van der Waals surface area contributed by atoms with Gasteiger partial charge in [-0.1, -0.05) is 61.7 Å². The summed E-state index contributed by atoms with van der Waals surface area (Å²) >= 11 is 0. The highest BCUT2D eigenvalue weighted by atomic mass is 32.2. The van der Waals surface area contributed by atoms with E-state index in [0.717, 1.165) is 53.8 Å². The summed E-state index contributed by atoms with van der Waals surface area (Å²) in [5.74, 6) is 0.724. The molecule has 11 heteroatoms. The number of anilines is 1. The van der Waals surface area contributed by atoms with Crippen molar-refractivity contribution >= 4 is 27.5 Å². The molecular weight excluding hydrogens is 582 g/mol. The SMILES string of the molecule is COc1cccc(CN(C(=O)CN(c2ccc3c(c2)OCO3)S(C)(=O)=O)[C@H](Cc2ccccc2)C(=O)NC2CCCCC2)c1. The van der Waals surface area contributed by atoms with Gasteiger partial charge >= 0.3 is 0 Å². The third-order valence-corrected chi connectivity index (χ3v) is 9.17. The molecule has 1 atom stereocenters. The minimum atomic E-state index is -3.91. The molecule has 1 N–H and O–H groups in total. The van der Waals surface area contributed by atoms with Crippen LogP contribution in [0, 0.1) is 0 Å². The Morgan fingerprint density at radius 3 is 2.39 bits per heavy atom. The van der Waals surface area contributed by atoms with Crippen LogP contribution < -0.4 is 23.8 Å². The number of carbonyl (C=O) groups excluding carboxylic acids is 2. The first-order valence-corrected chi connectivity index (χ1v) is 16.7. The van der Waals surface area contributed by atoms with Gasteiger partial charge in [-0.05, 0) is 48.2 Å². The third kappa shape index (κ3) is 7.82. The van der Waals surface area contributed by atoms with Crippen LogP contribution in [-0.4, -0.2) is 63.9 Å². The standard InChI is InChI=1S/C33H39N3O7S/c1-41-28-15-9-12-25(18-28)21-35(29(19-24-10-5-3-6-11-24)33(38)34-26-13-7-4-8-14-26)32(37)22-36(44(2,39)40)27-16-17-30-31(20-27)43-23-42-30/h3,5-6,9-12,15-18,20,26,29H,4,7-8,13-14,19,21-23H2,1-2H3,(H,34,38)/t29-/m1/s1. The number of benzene rings is 3. The number of methoxy groups -OCH3 is 1. The van der Waals surface area contributed by atoms with Gasteiger partial charge in [-0.2, -0.15) is 0 Å². The van der Waals surface area contributed by atoms with E-state index in [2.05, 4.69) is 5.32 Å². The van der Waals surface area contributed by atoms with Crippen LogP contribution in [0.25, 0.3) is 0 Å². The molecule has 10 nitrogen and oxygen atoms in total. The zero-order valence-corrected chi connectivity index (χ0v) is 25.9. The smallest absolute Gasteiger partial charge is 0.244 e. The second kappa shape index (κ2) is 14.0. The number of nitrogens with one attached hydrogen (secondary N) is 1. The minimum Gasteiger partial charge on any atom is -0.497 e. The van der Waals surface area contributed by atoms with Gasteiger partial charge in [-0.25, -0.2) is 8.42 Å². The first-order chi connectivity index (χ1) is 21.2. The molecule has 3 aromatic rings. The number of nitrogens with zero attached hydrogens (tertiary/aromatic N) is 2.